The molecule has 2 saturated carbocycles. The molecule has 2 aliphatic rings. The molecule has 0 radical (unpaired) electrons. The van der Waals surface area contributed by atoms with Crippen LogP contribution in [-0.4, -0.2) is 0 Å². The molecule has 6 aromatic rings. The van der Waals surface area contributed by atoms with E-state index in [1.54, 1.807) is 11.1 Å². The number of hydrogen-bond acceptors (Lipinski definition) is 1. The van der Waals surface area contributed by atoms with Crippen LogP contribution in [0.4, 0.5) is 17.1 Å². The number of aryl methyl sites for hydroxylation is 1. The highest BCUT2D eigenvalue weighted by molar-refractivity contribution is 5.99. The van der Waals surface area contributed by atoms with E-state index in [4.69, 9.17) is 0 Å². The molecular formula is C51H49N. The monoisotopic (exact) mass is 675 g/mol. The summed E-state index contributed by atoms with van der Waals surface area (Å²) in [5.74, 6) is 0. The topological polar surface area (TPSA) is 3.24 Å². The SMILES string of the molecule is Cc1ccc(C(=Cc2ccc(N(c3ccc(C=C4CCCCC4)cc3)c3cccc4ccccc34)cc2)c2ccc(C=C3CCCCC3)cc2)cc1. The second kappa shape index (κ2) is 15.9. The van der Waals surface area contributed by atoms with Gasteiger partial charge in [0.25, 0.3) is 0 Å². The highest BCUT2D eigenvalue weighted by atomic mass is 15.1. The number of hydrogen-bond donors (Lipinski definition) is 0. The quantitative estimate of drug-likeness (QED) is 0.145. The van der Waals surface area contributed by atoms with Crippen molar-refractivity contribution in [1.29, 1.82) is 0 Å². The smallest absolute Gasteiger partial charge is 0.0540 e. The second-order valence-corrected chi connectivity index (χ2v) is 14.8. The molecule has 0 unspecified atom stereocenters. The van der Waals surface area contributed by atoms with Crippen LogP contribution in [0.25, 0.3) is 34.6 Å². The van der Waals surface area contributed by atoms with Gasteiger partial charge in [-0.05, 0) is 133 Å². The van der Waals surface area contributed by atoms with Crippen LogP contribution in [0.3, 0.4) is 0 Å². The lowest BCUT2D eigenvalue weighted by Gasteiger charge is -2.27. The molecule has 258 valence electrons. The molecule has 2 fully saturated rings. The molecule has 0 N–H and O–H groups in total. The molecule has 1 nitrogen and oxygen atoms in total. The molecule has 2 aliphatic carbocycles. The molecule has 0 aliphatic heterocycles. The first-order valence-corrected chi connectivity index (χ1v) is 19.4. The highest BCUT2D eigenvalue weighted by Gasteiger charge is 2.16. The van der Waals surface area contributed by atoms with Gasteiger partial charge < -0.3 is 4.90 Å². The molecule has 1 heteroatoms. The zero-order valence-electron chi connectivity index (χ0n) is 30.5. The Morgan fingerprint density at radius 2 is 0.942 bits per heavy atom. The van der Waals surface area contributed by atoms with Crippen LogP contribution in [0.5, 0.6) is 0 Å². The third-order valence-electron chi connectivity index (χ3n) is 10.9. The van der Waals surface area contributed by atoms with Crippen molar-refractivity contribution in [3.63, 3.8) is 0 Å². The molecule has 0 heterocycles. The molecule has 0 bridgehead atoms. The molecule has 0 atom stereocenters. The standard InChI is InChI=1S/C51H49N/c1-38-19-27-45(28-20-38)50(46-29-21-41(22-30-46)35-39-11-4-2-5-12-39)37-43-25-33-48(34-26-43)52(51-18-10-16-44-15-8-9-17-49(44)51)47-31-23-42(24-32-47)36-40-13-6-3-7-14-40/h8-10,15-37H,2-7,11-14H2,1H3. The lowest BCUT2D eigenvalue weighted by molar-refractivity contribution is 0.602. The number of fused-ring (bicyclic) bond motifs is 1. The molecule has 8 rings (SSSR count). The zero-order chi connectivity index (χ0) is 35.1. The summed E-state index contributed by atoms with van der Waals surface area (Å²) < 4.78 is 0. The molecule has 52 heavy (non-hydrogen) atoms. The van der Waals surface area contributed by atoms with Crippen molar-refractivity contribution < 1.29 is 0 Å². The summed E-state index contributed by atoms with van der Waals surface area (Å²) in [6.07, 6.45) is 20.2. The second-order valence-electron chi connectivity index (χ2n) is 14.8. The zero-order valence-corrected chi connectivity index (χ0v) is 30.5. The minimum absolute atomic E-state index is 1.14. The molecule has 0 aromatic heterocycles. The Hall–Kier alpha value is -5.40. The number of rotatable bonds is 8. The van der Waals surface area contributed by atoms with Crippen molar-refractivity contribution in [2.24, 2.45) is 0 Å². The van der Waals surface area contributed by atoms with Crippen LogP contribution in [0.1, 0.15) is 97.6 Å². The number of anilines is 3. The van der Waals surface area contributed by atoms with E-state index in [1.165, 1.54) is 120 Å². The number of benzene rings is 6. The summed E-state index contributed by atoms with van der Waals surface area (Å²) in [4.78, 5) is 2.41. The summed E-state index contributed by atoms with van der Waals surface area (Å²) in [7, 11) is 0. The van der Waals surface area contributed by atoms with Gasteiger partial charge in [-0.15, -0.1) is 0 Å². The minimum Gasteiger partial charge on any atom is -0.310 e. The largest absolute Gasteiger partial charge is 0.310 e. The molecule has 0 spiro atoms. The maximum absolute atomic E-state index is 2.42. The van der Waals surface area contributed by atoms with Crippen LogP contribution < -0.4 is 4.90 Å². The van der Waals surface area contributed by atoms with Gasteiger partial charge in [0.15, 0.2) is 0 Å². The minimum atomic E-state index is 1.14. The average molecular weight is 676 g/mol. The average Bonchev–Trinajstić information content (AvgIpc) is 3.20. The lowest BCUT2D eigenvalue weighted by atomic mass is 9.92. The maximum atomic E-state index is 2.42. The Morgan fingerprint density at radius 1 is 0.462 bits per heavy atom. The van der Waals surface area contributed by atoms with E-state index in [0.717, 1.165) is 11.4 Å². The first-order chi connectivity index (χ1) is 25.7. The fourth-order valence-electron chi connectivity index (χ4n) is 8.03. The lowest BCUT2D eigenvalue weighted by Crippen LogP contribution is -2.10. The summed E-state index contributed by atoms with van der Waals surface area (Å²) in [6, 6.07) is 51.7. The van der Waals surface area contributed by atoms with Crippen molar-refractivity contribution in [3.05, 3.63) is 184 Å². The van der Waals surface area contributed by atoms with Crippen LogP contribution in [0.15, 0.2) is 151 Å². The van der Waals surface area contributed by atoms with Gasteiger partial charge in [0, 0.05) is 16.8 Å². The van der Waals surface area contributed by atoms with Crippen molar-refractivity contribution in [2.75, 3.05) is 4.90 Å². The van der Waals surface area contributed by atoms with Gasteiger partial charge in [-0.3, -0.25) is 0 Å². The van der Waals surface area contributed by atoms with E-state index in [0.29, 0.717) is 0 Å². The van der Waals surface area contributed by atoms with Crippen molar-refractivity contribution in [2.45, 2.75) is 71.1 Å². The highest BCUT2D eigenvalue weighted by Crippen LogP contribution is 2.40. The van der Waals surface area contributed by atoms with Gasteiger partial charge in [0.1, 0.15) is 0 Å². The van der Waals surface area contributed by atoms with Gasteiger partial charge >= 0.3 is 0 Å². The van der Waals surface area contributed by atoms with Gasteiger partial charge in [-0.25, -0.2) is 0 Å². The van der Waals surface area contributed by atoms with Crippen LogP contribution in [-0.2, 0) is 0 Å². The van der Waals surface area contributed by atoms with Crippen LogP contribution in [0.2, 0.25) is 0 Å². The van der Waals surface area contributed by atoms with E-state index >= 15 is 0 Å². The Balaban J connectivity index is 1.15. The summed E-state index contributed by atoms with van der Waals surface area (Å²) in [5, 5.41) is 2.48. The molecule has 0 amide bonds. The van der Waals surface area contributed by atoms with E-state index in [2.05, 4.69) is 170 Å². The number of allylic oxidation sites excluding steroid dienone is 2. The molecule has 0 saturated heterocycles. The number of nitrogens with zero attached hydrogens (tertiary/aromatic N) is 1. The Kier molecular flexibility index (Phi) is 10.3. The predicted octanol–water partition coefficient (Wildman–Crippen LogP) is 14.9. The third kappa shape index (κ3) is 7.90. The van der Waals surface area contributed by atoms with Crippen molar-refractivity contribution >= 4 is 51.6 Å². The van der Waals surface area contributed by atoms with E-state index in [1.807, 2.05) is 0 Å². The van der Waals surface area contributed by atoms with Gasteiger partial charge in [0.05, 0.1) is 5.69 Å². The van der Waals surface area contributed by atoms with Crippen molar-refractivity contribution in [1.82, 2.24) is 0 Å². The van der Waals surface area contributed by atoms with Crippen LogP contribution in [0, 0.1) is 6.92 Å². The van der Waals surface area contributed by atoms with Crippen LogP contribution >= 0.6 is 0 Å². The predicted molar refractivity (Wildman–Crippen MR) is 225 cm³/mol. The van der Waals surface area contributed by atoms with E-state index in [9.17, 15) is 0 Å². The fraction of sp³-hybridized carbons (Fsp3) is 0.216. The summed E-state index contributed by atoms with van der Waals surface area (Å²) in [5.41, 5.74) is 15.4. The first kappa shape index (κ1) is 33.7. The normalized spacial score (nSPS) is 15.1. The van der Waals surface area contributed by atoms with Gasteiger partial charge in [-0.1, -0.05) is 151 Å². The Bertz CT molecular complexity index is 2190. The Morgan fingerprint density at radius 3 is 1.52 bits per heavy atom. The Labute approximate surface area is 310 Å². The van der Waals surface area contributed by atoms with Crippen molar-refractivity contribution in [3.8, 4) is 0 Å². The third-order valence-corrected chi connectivity index (χ3v) is 10.9. The first-order valence-electron chi connectivity index (χ1n) is 19.4. The van der Waals surface area contributed by atoms with E-state index < -0.39 is 0 Å². The van der Waals surface area contributed by atoms with Gasteiger partial charge in [0.2, 0.25) is 0 Å². The summed E-state index contributed by atoms with van der Waals surface area (Å²) in [6.45, 7) is 2.16. The summed E-state index contributed by atoms with van der Waals surface area (Å²) >= 11 is 0. The van der Waals surface area contributed by atoms with Gasteiger partial charge in [-0.2, -0.15) is 0 Å². The van der Waals surface area contributed by atoms with E-state index in [-0.39, 0.29) is 0 Å². The molecule has 6 aromatic carbocycles. The maximum Gasteiger partial charge on any atom is 0.0540 e. The fourth-order valence-corrected chi connectivity index (χ4v) is 8.03. The molecular weight excluding hydrogens is 627 g/mol.